The third-order valence-corrected chi connectivity index (χ3v) is 2.81. The zero-order valence-corrected chi connectivity index (χ0v) is 10.2. The van der Waals surface area contributed by atoms with Gasteiger partial charge in [0.15, 0.2) is 0 Å². The second-order valence-electron chi connectivity index (χ2n) is 3.70. The standard InChI is InChI=1S/C12H17ClN2O/c1-2-10(3-6-13)9-15-12(16)11-4-7-14-8-5-11/h4-5,7-8,10H,2-3,6,9H2,1H3,(H,15,16). The largest absolute Gasteiger partial charge is 0.352 e. The van der Waals surface area contributed by atoms with E-state index in [2.05, 4.69) is 17.2 Å². The molecule has 0 bridgehead atoms. The highest BCUT2D eigenvalue weighted by molar-refractivity contribution is 6.17. The van der Waals surface area contributed by atoms with E-state index in [4.69, 9.17) is 11.6 Å². The maximum absolute atomic E-state index is 11.7. The van der Waals surface area contributed by atoms with Crippen molar-refractivity contribution in [3.05, 3.63) is 30.1 Å². The lowest BCUT2D eigenvalue weighted by Crippen LogP contribution is -2.29. The topological polar surface area (TPSA) is 42.0 Å². The molecular weight excluding hydrogens is 224 g/mol. The number of hydrogen-bond donors (Lipinski definition) is 1. The van der Waals surface area contributed by atoms with Crippen LogP contribution in [0, 0.1) is 5.92 Å². The second kappa shape index (κ2) is 7.23. The van der Waals surface area contributed by atoms with Crippen LogP contribution in [0.2, 0.25) is 0 Å². The van der Waals surface area contributed by atoms with Gasteiger partial charge in [0, 0.05) is 30.4 Å². The molecule has 1 N–H and O–H groups in total. The summed E-state index contributed by atoms with van der Waals surface area (Å²) < 4.78 is 0. The first-order valence-electron chi connectivity index (χ1n) is 5.52. The maximum atomic E-state index is 11.7. The third kappa shape index (κ3) is 4.19. The Balaban J connectivity index is 2.40. The molecule has 1 heterocycles. The fourth-order valence-electron chi connectivity index (χ4n) is 1.45. The van der Waals surface area contributed by atoms with E-state index in [0.29, 0.717) is 23.9 Å². The minimum atomic E-state index is -0.0459. The summed E-state index contributed by atoms with van der Waals surface area (Å²) in [4.78, 5) is 15.6. The molecule has 0 aliphatic heterocycles. The van der Waals surface area contributed by atoms with Crippen LogP contribution in [0.4, 0.5) is 0 Å². The molecule has 0 aliphatic rings. The van der Waals surface area contributed by atoms with Crippen LogP contribution in [-0.2, 0) is 0 Å². The zero-order chi connectivity index (χ0) is 11.8. The van der Waals surface area contributed by atoms with Crippen LogP contribution in [0.25, 0.3) is 0 Å². The highest BCUT2D eigenvalue weighted by Gasteiger charge is 2.09. The Morgan fingerprint density at radius 3 is 2.75 bits per heavy atom. The lowest BCUT2D eigenvalue weighted by atomic mass is 10.0. The fourth-order valence-corrected chi connectivity index (χ4v) is 1.76. The molecule has 0 aliphatic carbocycles. The van der Waals surface area contributed by atoms with Gasteiger partial charge in [0.05, 0.1) is 0 Å². The van der Waals surface area contributed by atoms with Crippen LogP contribution in [0.5, 0.6) is 0 Å². The van der Waals surface area contributed by atoms with Gasteiger partial charge in [0.2, 0.25) is 0 Å². The Labute approximate surface area is 101 Å². The molecule has 4 heteroatoms. The third-order valence-electron chi connectivity index (χ3n) is 2.59. The summed E-state index contributed by atoms with van der Waals surface area (Å²) in [6.07, 6.45) is 5.20. The first kappa shape index (κ1) is 13.0. The fraction of sp³-hybridized carbons (Fsp3) is 0.500. The number of halogens is 1. The molecule has 0 aromatic carbocycles. The van der Waals surface area contributed by atoms with Crippen LogP contribution < -0.4 is 5.32 Å². The summed E-state index contributed by atoms with van der Waals surface area (Å²) in [5.74, 6) is 1.06. The molecule has 0 saturated heterocycles. The van der Waals surface area contributed by atoms with E-state index < -0.39 is 0 Å². The van der Waals surface area contributed by atoms with Crippen molar-refractivity contribution in [1.82, 2.24) is 10.3 Å². The number of amides is 1. The molecule has 16 heavy (non-hydrogen) atoms. The molecule has 1 aromatic heterocycles. The van der Waals surface area contributed by atoms with Gasteiger partial charge in [-0.1, -0.05) is 13.3 Å². The Hall–Kier alpha value is -1.09. The van der Waals surface area contributed by atoms with Gasteiger partial charge < -0.3 is 5.32 Å². The minimum Gasteiger partial charge on any atom is -0.352 e. The monoisotopic (exact) mass is 240 g/mol. The van der Waals surface area contributed by atoms with E-state index >= 15 is 0 Å². The van der Waals surface area contributed by atoms with E-state index in [1.165, 1.54) is 0 Å². The van der Waals surface area contributed by atoms with Crippen molar-refractivity contribution in [2.75, 3.05) is 12.4 Å². The van der Waals surface area contributed by atoms with Gasteiger partial charge in [-0.15, -0.1) is 11.6 Å². The number of aromatic nitrogens is 1. The number of nitrogens with zero attached hydrogens (tertiary/aromatic N) is 1. The van der Waals surface area contributed by atoms with Crippen LogP contribution in [-0.4, -0.2) is 23.3 Å². The first-order valence-corrected chi connectivity index (χ1v) is 6.05. The highest BCUT2D eigenvalue weighted by Crippen LogP contribution is 2.08. The second-order valence-corrected chi connectivity index (χ2v) is 4.08. The van der Waals surface area contributed by atoms with E-state index in [0.717, 1.165) is 12.8 Å². The Morgan fingerprint density at radius 2 is 2.19 bits per heavy atom. The van der Waals surface area contributed by atoms with Crippen molar-refractivity contribution in [2.45, 2.75) is 19.8 Å². The molecule has 1 atom stereocenters. The Bertz CT molecular complexity index is 316. The van der Waals surface area contributed by atoms with Gasteiger partial charge >= 0.3 is 0 Å². The number of hydrogen-bond acceptors (Lipinski definition) is 2. The summed E-state index contributed by atoms with van der Waals surface area (Å²) in [5, 5.41) is 2.91. The maximum Gasteiger partial charge on any atom is 0.251 e. The van der Waals surface area contributed by atoms with Gasteiger partial charge in [-0.05, 0) is 24.5 Å². The van der Waals surface area contributed by atoms with Gasteiger partial charge in [-0.2, -0.15) is 0 Å². The average Bonchev–Trinajstić information content (AvgIpc) is 2.35. The number of nitrogens with one attached hydrogen (secondary N) is 1. The van der Waals surface area contributed by atoms with E-state index in [9.17, 15) is 4.79 Å². The quantitative estimate of drug-likeness (QED) is 0.777. The summed E-state index contributed by atoms with van der Waals surface area (Å²) in [6.45, 7) is 2.79. The molecule has 0 fully saturated rings. The minimum absolute atomic E-state index is 0.0459. The zero-order valence-electron chi connectivity index (χ0n) is 9.45. The van der Waals surface area contributed by atoms with Crippen molar-refractivity contribution in [1.29, 1.82) is 0 Å². The van der Waals surface area contributed by atoms with E-state index in [1.807, 2.05) is 0 Å². The van der Waals surface area contributed by atoms with Crippen LogP contribution in [0.3, 0.4) is 0 Å². The molecule has 3 nitrogen and oxygen atoms in total. The van der Waals surface area contributed by atoms with Crippen molar-refractivity contribution in [3.63, 3.8) is 0 Å². The lowest BCUT2D eigenvalue weighted by molar-refractivity contribution is 0.0946. The lowest BCUT2D eigenvalue weighted by Gasteiger charge is -2.14. The summed E-state index contributed by atoms with van der Waals surface area (Å²) in [7, 11) is 0. The normalized spacial score (nSPS) is 12.1. The van der Waals surface area contributed by atoms with Crippen molar-refractivity contribution in [2.24, 2.45) is 5.92 Å². The van der Waals surface area contributed by atoms with Crippen molar-refractivity contribution < 1.29 is 4.79 Å². The molecule has 0 radical (unpaired) electrons. The number of pyridine rings is 1. The van der Waals surface area contributed by atoms with Crippen molar-refractivity contribution >= 4 is 17.5 Å². The smallest absolute Gasteiger partial charge is 0.251 e. The number of alkyl halides is 1. The van der Waals surface area contributed by atoms with E-state index in [1.54, 1.807) is 24.5 Å². The molecule has 0 saturated carbocycles. The average molecular weight is 241 g/mol. The highest BCUT2D eigenvalue weighted by atomic mass is 35.5. The van der Waals surface area contributed by atoms with Crippen LogP contribution in [0.1, 0.15) is 30.1 Å². The summed E-state index contributed by atoms with van der Waals surface area (Å²) >= 11 is 5.69. The number of carbonyl (C=O) groups excluding carboxylic acids is 1. The van der Waals surface area contributed by atoms with Crippen LogP contribution in [0.15, 0.2) is 24.5 Å². The van der Waals surface area contributed by atoms with Gasteiger partial charge in [-0.3, -0.25) is 9.78 Å². The number of carbonyl (C=O) groups is 1. The summed E-state index contributed by atoms with van der Waals surface area (Å²) in [5.41, 5.74) is 0.649. The SMILES string of the molecule is CCC(CCCl)CNC(=O)c1ccncc1. The number of rotatable bonds is 6. The van der Waals surface area contributed by atoms with Gasteiger partial charge in [0.1, 0.15) is 0 Å². The van der Waals surface area contributed by atoms with Crippen LogP contribution >= 0.6 is 11.6 Å². The molecule has 1 unspecified atom stereocenters. The van der Waals surface area contributed by atoms with Gasteiger partial charge in [0.25, 0.3) is 5.91 Å². The molecule has 88 valence electrons. The molecule has 1 aromatic rings. The molecular formula is C12H17ClN2O. The molecule has 1 amide bonds. The predicted molar refractivity (Wildman–Crippen MR) is 65.7 cm³/mol. The van der Waals surface area contributed by atoms with E-state index in [-0.39, 0.29) is 5.91 Å². The summed E-state index contributed by atoms with van der Waals surface area (Å²) in [6, 6.07) is 3.41. The molecule has 0 spiro atoms. The van der Waals surface area contributed by atoms with Crippen molar-refractivity contribution in [3.8, 4) is 0 Å². The first-order chi connectivity index (χ1) is 7.77. The van der Waals surface area contributed by atoms with Gasteiger partial charge in [-0.25, -0.2) is 0 Å². The molecule has 1 rings (SSSR count). The Kier molecular flexibility index (Phi) is 5.86. The predicted octanol–water partition coefficient (Wildman–Crippen LogP) is 2.47. The Morgan fingerprint density at radius 1 is 1.50 bits per heavy atom.